The number of halogens is 1. The Bertz CT molecular complexity index is 691. The van der Waals surface area contributed by atoms with Crippen LogP contribution in [0.3, 0.4) is 0 Å². The van der Waals surface area contributed by atoms with E-state index in [1.165, 1.54) is 7.11 Å². The largest absolute Gasteiger partial charge is 0.491 e. The Morgan fingerprint density at radius 1 is 1.29 bits per heavy atom. The molecule has 0 spiro atoms. The van der Waals surface area contributed by atoms with Crippen LogP contribution in [0.5, 0.6) is 11.5 Å². The Labute approximate surface area is 146 Å². The van der Waals surface area contributed by atoms with Crippen LogP contribution in [0.2, 0.25) is 5.02 Å². The maximum atomic E-state index is 11.5. The van der Waals surface area contributed by atoms with Gasteiger partial charge in [0.15, 0.2) is 11.5 Å². The molecule has 0 saturated heterocycles. The normalized spacial score (nSPS) is 11.8. The van der Waals surface area contributed by atoms with Crippen LogP contribution < -0.4 is 14.8 Å². The third-order valence-electron chi connectivity index (χ3n) is 3.46. The van der Waals surface area contributed by atoms with Crippen molar-refractivity contribution in [2.24, 2.45) is 0 Å². The van der Waals surface area contributed by atoms with Gasteiger partial charge in [-0.3, -0.25) is 10.1 Å². The van der Waals surface area contributed by atoms with Crippen molar-refractivity contribution in [1.82, 2.24) is 5.32 Å². The van der Waals surface area contributed by atoms with E-state index in [1.54, 1.807) is 24.3 Å². The second-order valence-electron chi connectivity index (χ2n) is 5.10. The van der Waals surface area contributed by atoms with E-state index < -0.39 is 12.0 Å². The standard InChI is InChI=1S/C18H20ClNO4/c1-3-24-15-10-12(9-14(19)17(15)23-2)11-20-16(18(21)22)13-7-5-4-6-8-13/h4-10,16,20H,3,11H2,1-2H3,(H,21,22)/t16-/m0/s1. The Hall–Kier alpha value is -2.24. The zero-order valence-electron chi connectivity index (χ0n) is 13.6. The number of methoxy groups -OCH3 is 1. The quantitative estimate of drug-likeness (QED) is 0.761. The number of carbonyl (C=O) groups is 1. The third-order valence-corrected chi connectivity index (χ3v) is 3.74. The molecule has 0 amide bonds. The first-order chi connectivity index (χ1) is 11.6. The minimum Gasteiger partial charge on any atom is -0.491 e. The van der Waals surface area contributed by atoms with Crippen LogP contribution >= 0.6 is 11.6 Å². The summed E-state index contributed by atoms with van der Waals surface area (Å²) in [5.74, 6) is 0.0711. The molecule has 0 radical (unpaired) electrons. The molecular weight excluding hydrogens is 330 g/mol. The summed E-state index contributed by atoms with van der Waals surface area (Å²) in [6, 6.07) is 11.7. The zero-order chi connectivity index (χ0) is 17.5. The van der Waals surface area contributed by atoms with E-state index in [9.17, 15) is 9.90 Å². The number of nitrogens with one attached hydrogen (secondary N) is 1. The number of benzene rings is 2. The highest BCUT2D eigenvalue weighted by Gasteiger charge is 2.19. The highest BCUT2D eigenvalue weighted by Crippen LogP contribution is 2.36. The number of carboxylic acids is 1. The lowest BCUT2D eigenvalue weighted by Crippen LogP contribution is -2.28. The lowest BCUT2D eigenvalue weighted by atomic mass is 10.1. The summed E-state index contributed by atoms with van der Waals surface area (Å²) >= 11 is 6.22. The first-order valence-electron chi connectivity index (χ1n) is 7.57. The summed E-state index contributed by atoms with van der Waals surface area (Å²) in [5, 5.41) is 12.9. The number of rotatable bonds is 8. The maximum Gasteiger partial charge on any atom is 0.325 e. The lowest BCUT2D eigenvalue weighted by Gasteiger charge is -2.17. The lowest BCUT2D eigenvalue weighted by molar-refractivity contribution is -0.139. The van der Waals surface area contributed by atoms with Crippen molar-refractivity contribution in [1.29, 1.82) is 0 Å². The topological polar surface area (TPSA) is 67.8 Å². The van der Waals surface area contributed by atoms with Crippen LogP contribution in [0.25, 0.3) is 0 Å². The van der Waals surface area contributed by atoms with Crippen molar-refractivity contribution >= 4 is 17.6 Å². The Morgan fingerprint density at radius 3 is 2.58 bits per heavy atom. The third kappa shape index (κ3) is 4.40. The molecule has 1 atom stereocenters. The van der Waals surface area contributed by atoms with Crippen molar-refractivity contribution in [3.63, 3.8) is 0 Å². The fourth-order valence-electron chi connectivity index (χ4n) is 2.40. The van der Waals surface area contributed by atoms with Gasteiger partial charge in [0.05, 0.1) is 18.7 Å². The Kier molecular flexibility index (Phi) is 6.46. The molecule has 2 rings (SSSR count). The average Bonchev–Trinajstić information content (AvgIpc) is 2.56. The number of hydrogen-bond acceptors (Lipinski definition) is 4. The smallest absolute Gasteiger partial charge is 0.325 e. The van der Waals surface area contributed by atoms with Crippen LogP contribution in [0.1, 0.15) is 24.1 Å². The van der Waals surface area contributed by atoms with Gasteiger partial charge in [0.2, 0.25) is 0 Å². The van der Waals surface area contributed by atoms with E-state index in [0.29, 0.717) is 35.2 Å². The summed E-state index contributed by atoms with van der Waals surface area (Å²) in [7, 11) is 1.53. The van der Waals surface area contributed by atoms with Gasteiger partial charge in [-0.15, -0.1) is 0 Å². The van der Waals surface area contributed by atoms with Gasteiger partial charge in [-0.05, 0) is 30.2 Å². The summed E-state index contributed by atoms with van der Waals surface area (Å²) in [5.41, 5.74) is 1.50. The zero-order valence-corrected chi connectivity index (χ0v) is 14.3. The van der Waals surface area contributed by atoms with Crippen LogP contribution in [0.4, 0.5) is 0 Å². The second kappa shape index (κ2) is 8.57. The molecule has 0 aromatic heterocycles. The molecule has 2 N–H and O–H groups in total. The van der Waals surface area contributed by atoms with Gasteiger partial charge in [-0.25, -0.2) is 0 Å². The maximum absolute atomic E-state index is 11.5. The molecule has 5 nitrogen and oxygen atoms in total. The first-order valence-corrected chi connectivity index (χ1v) is 7.95. The van der Waals surface area contributed by atoms with E-state index in [4.69, 9.17) is 21.1 Å². The van der Waals surface area contributed by atoms with Crippen molar-refractivity contribution in [2.75, 3.05) is 13.7 Å². The van der Waals surface area contributed by atoms with Crippen LogP contribution in [0.15, 0.2) is 42.5 Å². The number of ether oxygens (including phenoxy) is 2. The molecule has 2 aromatic carbocycles. The highest BCUT2D eigenvalue weighted by molar-refractivity contribution is 6.32. The number of hydrogen-bond donors (Lipinski definition) is 2. The molecule has 0 saturated carbocycles. The molecule has 128 valence electrons. The molecule has 0 aliphatic heterocycles. The molecule has 0 heterocycles. The van der Waals surface area contributed by atoms with Gasteiger partial charge in [0.1, 0.15) is 6.04 Å². The molecule has 2 aromatic rings. The summed E-state index contributed by atoms with van der Waals surface area (Å²) in [4.78, 5) is 11.5. The van der Waals surface area contributed by atoms with Gasteiger partial charge >= 0.3 is 5.97 Å². The summed E-state index contributed by atoms with van der Waals surface area (Å²) in [6.07, 6.45) is 0. The summed E-state index contributed by atoms with van der Waals surface area (Å²) in [6.45, 7) is 2.68. The SMILES string of the molecule is CCOc1cc(CN[C@H](C(=O)O)c2ccccc2)cc(Cl)c1OC. The minimum absolute atomic E-state index is 0.329. The monoisotopic (exact) mass is 349 g/mol. The summed E-state index contributed by atoms with van der Waals surface area (Å²) < 4.78 is 10.8. The fraction of sp³-hybridized carbons (Fsp3) is 0.278. The van der Waals surface area contributed by atoms with E-state index in [2.05, 4.69) is 5.32 Å². The molecule has 0 bridgehead atoms. The minimum atomic E-state index is -0.939. The molecule has 6 heteroatoms. The highest BCUT2D eigenvalue weighted by atomic mass is 35.5. The van der Waals surface area contributed by atoms with Gasteiger partial charge in [0.25, 0.3) is 0 Å². The Balaban J connectivity index is 2.19. The van der Waals surface area contributed by atoms with Gasteiger partial charge < -0.3 is 14.6 Å². The van der Waals surface area contributed by atoms with Crippen molar-refractivity contribution < 1.29 is 19.4 Å². The predicted molar refractivity (Wildman–Crippen MR) is 92.8 cm³/mol. The number of aliphatic carboxylic acids is 1. The van der Waals surface area contributed by atoms with Gasteiger partial charge in [0, 0.05) is 6.54 Å². The molecule has 0 aliphatic rings. The fourth-order valence-corrected chi connectivity index (χ4v) is 2.71. The Morgan fingerprint density at radius 2 is 2.00 bits per heavy atom. The number of carboxylic acid groups (broad SMARTS) is 1. The predicted octanol–water partition coefficient (Wildman–Crippen LogP) is 3.66. The first kappa shape index (κ1) is 18.1. The molecule has 24 heavy (non-hydrogen) atoms. The van der Waals surface area contributed by atoms with Gasteiger partial charge in [-0.2, -0.15) is 0 Å². The van der Waals surface area contributed by atoms with Gasteiger partial charge in [-0.1, -0.05) is 41.9 Å². The van der Waals surface area contributed by atoms with Crippen molar-refractivity contribution in [3.05, 3.63) is 58.6 Å². The molecule has 0 aliphatic carbocycles. The van der Waals surface area contributed by atoms with E-state index in [0.717, 1.165) is 5.56 Å². The average molecular weight is 350 g/mol. The second-order valence-corrected chi connectivity index (χ2v) is 5.51. The molecule has 0 fully saturated rings. The molecular formula is C18H20ClNO4. The van der Waals surface area contributed by atoms with Crippen LogP contribution in [-0.4, -0.2) is 24.8 Å². The van der Waals surface area contributed by atoms with Crippen molar-refractivity contribution in [2.45, 2.75) is 19.5 Å². The molecule has 0 unspecified atom stereocenters. The van der Waals surface area contributed by atoms with Crippen molar-refractivity contribution in [3.8, 4) is 11.5 Å². The van der Waals surface area contributed by atoms with E-state index in [1.807, 2.05) is 25.1 Å². The van der Waals surface area contributed by atoms with Crippen LogP contribution in [0, 0.1) is 0 Å². The van der Waals surface area contributed by atoms with Crippen LogP contribution in [-0.2, 0) is 11.3 Å². The van der Waals surface area contributed by atoms with E-state index in [-0.39, 0.29) is 0 Å². The van der Waals surface area contributed by atoms with E-state index >= 15 is 0 Å².